The molecule has 5 heteroatoms. The number of H-pyrrole nitrogens is 1. The van der Waals surface area contributed by atoms with Crippen LogP contribution >= 0.6 is 0 Å². The number of nitrogens with zero attached hydrogens (tertiary/aromatic N) is 2. The molecule has 0 spiro atoms. The molecule has 0 aliphatic carbocycles. The lowest BCUT2D eigenvalue weighted by Gasteiger charge is -2.30. The summed E-state index contributed by atoms with van der Waals surface area (Å²) >= 11 is 0. The monoisotopic (exact) mass is 260 g/mol. The second-order valence-corrected chi connectivity index (χ2v) is 4.91. The van der Waals surface area contributed by atoms with Gasteiger partial charge in [0.1, 0.15) is 11.6 Å². The van der Waals surface area contributed by atoms with Crippen LogP contribution in [0.15, 0.2) is 24.4 Å². The summed E-state index contributed by atoms with van der Waals surface area (Å²) < 4.78 is 13.5. The Bertz CT molecular complexity index is 573. The Balaban J connectivity index is 2.06. The van der Waals surface area contributed by atoms with E-state index in [1.54, 1.807) is 6.20 Å². The van der Waals surface area contributed by atoms with E-state index in [0.717, 1.165) is 29.9 Å². The maximum atomic E-state index is 13.5. The van der Waals surface area contributed by atoms with Gasteiger partial charge in [0.05, 0.1) is 6.20 Å². The quantitative estimate of drug-likeness (QED) is 0.873. The molecule has 2 aromatic rings. The van der Waals surface area contributed by atoms with E-state index in [4.69, 9.17) is 5.73 Å². The highest BCUT2D eigenvalue weighted by Gasteiger charge is 2.18. The molecule has 19 heavy (non-hydrogen) atoms. The lowest BCUT2D eigenvalue weighted by atomic mass is 10.0. The number of nitrogens with one attached hydrogen (secondary N) is 1. The first-order chi connectivity index (χ1) is 9.25. The molecule has 0 radical (unpaired) electrons. The number of anilines is 2. The minimum atomic E-state index is -0.253. The molecule has 4 nitrogen and oxygen atoms in total. The predicted octanol–water partition coefficient (Wildman–Crippen LogP) is 2.79. The molecule has 1 saturated heterocycles. The first-order valence-electron chi connectivity index (χ1n) is 6.59. The Morgan fingerprint density at radius 3 is 2.63 bits per heavy atom. The van der Waals surface area contributed by atoms with Crippen molar-refractivity contribution in [2.45, 2.75) is 19.3 Å². The third kappa shape index (κ3) is 2.28. The van der Waals surface area contributed by atoms with Crippen molar-refractivity contribution >= 4 is 11.5 Å². The Kier molecular flexibility index (Phi) is 3.11. The first-order valence-corrected chi connectivity index (χ1v) is 6.59. The molecule has 1 aromatic heterocycles. The van der Waals surface area contributed by atoms with Gasteiger partial charge in [0.15, 0.2) is 0 Å². The lowest BCUT2D eigenvalue weighted by Crippen LogP contribution is -2.29. The van der Waals surface area contributed by atoms with E-state index < -0.39 is 0 Å². The molecule has 0 atom stereocenters. The average Bonchev–Trinajstić information content (AvgIpc) is 2.86. The van der Waals surface area contributed by atoms with Gasteiger partial charge in [-0.15, -0.1) is 0 Å². The normalized spacial score (nSPS) is 15.7. The van der Waals surface area contributed by atoms with Crippen molar-refractivity contribution in [3.05, 3.63) is 30.2 Å². The summed E-state index contributed by atoms with van der Waals surface area (Å²) in [5.74, 6) is 0.222. The standard InChI is InChI=1S/C14H17FN4/c15-10-4-5-13(19-6-2-1-3-7-19)11(8-10)12-9-17-18-14(12)16/h4-5,8-9H,1-3,6-7H2,(H3,16,17,18). The maximum Gasteiger partial charge on any atom is 0.126 e. The van der Waals surface area contributed by atoms with Crippen LogP contribution in [0.2, 0.25) is 0 Å². The van der Waals surface area contributed by atoms with Gasteiger partial charge in [-0.1, -0.05) is 0 Å². The van der Waals surface area contributed by atoms with E-state index in [1.165, 1.54) is 31.4 Å². The van der Waals surface area contributed by atoms with Crippen LogP contribution in [0.5, 0.6) is 0 Å². The predicted molar refractivity (Wildman–Crippen MR) is 74.5 cm³/mol. The summed E-state index contributed by atoms with van der Waals surface area (Å²) in [4.78, 5) is 2.30. The Hall–Kier alpha value is -2.04. The topological polar surface area (TPSA) is 57.9 Å². The van der Waals surface area contributed by atoms with Crippen LogP contribution in [-0.2, 0) is 0 Å². The largest absolute Gasteiger partial charge is 0.384 e. The SMILES string of the molecule is Nc1[nH]ncc1-c1cc(F)ccc1N1CCCCC1. The van der Waals surface area contributed by atoms with Crippen molar-refractivity contribution in [1.29, 1.82) is 0 Å². The molecule has 1 fully saturated rings. The van der Waals surface area contributed by atoms with Crippen molar-refractivity contribution in [3.8, 4) is 11.1 Å². The number of hydrogen-bond donors (Lipinski definition) is 2. The highest BCUT2D eigenvalue weighted by Crippen LogP contribution is 2.35. The molecule has 100 valence electrons. The molecule has 0 unspecified atom stereocenters. The fraction of sp³-hybridized carbons (Fsp3) is 0.357. The van der Waals surface area contributed by atoms with E-state index in [9.17, 15) is 4.39 Å². The summed E-state index contributed by atoms with van der Waals surface area (Å²) in [5, 5.41) is 6.63. The molecular formula is C14H17FN4. The minimum Gasteiger partial charge on any atom is -0.384 e. The Morgan fingerprint density at radius 1 is 1.16 bits per heavy atom. The summed E-state index contributed by atoms with van der Waals surface area (Å²) in [6, 6.07) is 4.87. The van der Waals surface area contributed by atoms with Gasteiger partial charge in [0, 0.05) is 29.9 Å². The number of hydrogen-bond acceptors (Lipinski definition) is 3. The van der Waals surface area contributed by atoms with Gasteiger partial charge in [0.2, 0.25) is 0 Å². The van der Waals surface area contributed by atoms with E-state index >= 15 is 0 Å². The zero-order chi connectivity index (χ0) is 13.2. The summed E-state index contributed by atoms with van der Waals surface area (Å²) in [7, 11) is 0. The smallest absolute Gasteiger partial charge is 0.126 e. The number of piperidine rings is 1. The van der Waals surface area contributed by atoms with E-state index in [2.05, 4.69) is 15.1 Å². The zero-order valence-electron chi connectivity index (χ0n) is 10.7. The molecule has 3 rings (SSSR count). The van der Waals surface area contributed by atoms with Crippen LogP contribution in [0, 0.1) is 5.82 Å². The molecule has 0 saturated carbocycles. The summed E-state index contributed by atoms with van der Waals surface area (Å²) in [5.41, 5.74) is 8.48. The van der Waals surface area contributed by atoms with Crippen molar-refractivity contribution in [1.82, 2.24) is 10.2 Å². The van der Waals surface area contributed by atoms with Crippen molar-refractivity contribution in [2.75, 3.05) is 23.7 Å². The van der Waals surface area contributed by atoms with Gasteiger partial charge in [-0.2, -0.15) is 5.10 Å². The fourth-order valence-corrected chi connectivity index (χ4v) is 2.65. The van der Waals surface area contributed by atoms with Gasteiger partial charge in [-0.3, -0.25) is 5.10 Å². The molecule has 1 aliphatic heterocycles. The lowest BCUT2D eigenvalue weighted by molar-refractivity contribution is 0.577. The molecular weight excluding hydrogens is 243 g/mol. The number of aromatic nitrogens is 2. The maximum absolute atomic E-state index is 13.5. The van der Waals surface area contributed by atoms with E-state index in [1.807, 2.05) is 6.07 Å². The number of rotatable bonds is 2. The first kappa shape index (κ1) is 12.0. The molecule has 1 aliphatic rings. The van der Waals surface area contributed by atoms with Gasteiger partial charge in [-0.25, -0.2) is 4.39 Å². The van der Waals surface area contributed by atoms with E-state index in [0.29, 0.717) is 5.82 Å². The third-order valence-corrected chi connectivity index (χ3v) is 3.61. The van der Waals surface area contributed by atoms with Crippen molar-refractivity contribution in [3.63, 3.8) is 0 Å². The molecule has 1 aromatic carbocycles. The van der Waals surface area contributed by atoms with Crippen LogP contribution < -0.4 is 10.6 Å². The fourth-order valence-electron chi connectivity index (χ4n) is 2.65. The number of aromatic amines is 1. The summed E-state index contributed by atoms with van der Waals surface area (Å²) in [6.45, 7) is 2.02. The molecule has 0 amide bonds. The third-order valence-electron chi connectivity index (χ3n) is 3.61. The Morgan fingerprint density at radius 2 is 1.95 bits per heavy atom. The Labute approximate surface area is 111 Å². The van der Waals surface area contributed by atoms with Crippen LogP contribution in [0.3, 0.4) is 0 Å². The second-order valence-electron chi connectivity index (χ2n) is 4.91. The zero-order valence-corrected chi connectivity index (χ0v) is 10.7. The van der Waals surface area contributed by atoms with Crippen molar-refractivity contribution < 1.29 is 4.39 Å². The van der Waals surface area contributed by atoms with Crippen molar-refractivity contribution in [2.24, 2.45) is 0 Å². The molecule has 3 N–H and O–H groups in total. The van der Waals surface area contributed by atoms with Gasteiger partial charge >= 0.3 is 0 Å². The second kappa shape index (κ2) is 4.91. The number of benzene rings is 1. The number of nitrogens with two attached hydrogens (primary N) is 1. The van der Waals surface area contributed by atoms with Crippen LogP contribution in [0.25, 0.3) is 11.1 Å². The van der Waals surface area contributed by atoms with Gasteiger partial charge < -0.3 is 10.6 Å². The number of nitrogen functional groups attached to an aromatic ring is 1. The van der Waals surface area contributed by atoms with Gasteiger partial charge in [0.25, 0.3) is 0 Å². The average molecular weight is 260 g/mol. The minimum absolute atomic E-state index is 0.253. The molecule has 0 bridgehead atoms. The van der Waals surface area contributed by atoms with Gasteiger partial charge in [-0.05, 0) is 37.5 Å². The highest BCUT2D eigenvalue weighted by molar-refractivity contribution is 5.84. The van der Waals surface area contributed by atoms with Crippen LogP contribution in [-0.4, -0.2) is 23.3 Å². The molecule has 2 heterocycles. The van der Waals surface area contributed by atoms with Crippen LogP contribution in [0.1, 0.15) is 19.3 Å². The summed E-state index contributed by atoms with van der Waals surface area (Å²) in [6.07, 6.45) is 5.27. The van der Waals surface area contributed by atoms with Crippen LogP contribution in [0.4, 0.5) is 15.9 Å². The number of halogens is 1. The van der Waals surface area contributed by atoms with E-state index in [-0.39, 0.29) is 5.82 Å². The highest BCUT2D eigenvalue weighted by atomic mass is 19.1.